The van der Waals surface area contributed by atoms with Crippen LogP contribution in [0.25, 0.3) is 0 Å². The highest BCUT2D eigenvalue weighted by Gasteiger charge is 2.14. The second-order valence-electron chi connectivity index (χ2n) is 6.38. The number of hydrogen-bond acceptors (Lipinski definition) is 4. The van der Waals surface area contributed by atoms with E-state index in [9.17, 15) is 9.59 Å². The molecule has 0 bridgehead atoms. The van der Waals surface area contributed by atoms with Crippen LogP contribution in [0.2, 0.25) is 0 Å². The Balaban J connectivity index is 2.07. The summed E-state index contributed by atoms with van der Waals surface area (Å²) in [7, 11) is 3.01. The number of nitrogens with one attached hydrogen (secondary N) is 2. The minimum atomic E-state index is -0.0530. The molecule has 150 valence electrons. The topological polar surface area (TPSA) is 58.2 Å². The van der Waals surface area contributed by atoms with Gasteiger partial charge in [-0.3, -0.25) is 9.59 Å². The molecule has 2 amide bonds. The standard InChI is InChI=1S/C22H28N2O2S2/c1-3-5-15-23-21(25)17-11-7-9-13-19(17)27-28-20-14-10-8-12-18(20)22(26)24-16-6-4-2/h7-14H,3-6,15-16H2,1-2H3,(H,23,25)(H,24,26). The minimum Gasteiger partial charge on any atom is -0.352 e. The van der Waals surface area contributed by atoms with Gasteiger partial charge < -0.3 is 10.6 Å². The van der Waals surface area contributed by atoms with E-state index in [0.29, 0.717) is 24.2 Å². The predicted octanol–water partition coefficient (Wildman–Crippen LogP) is 5.55. The van der Waals surface area contributed by atoms with Crippen molar-refractivity contribution in [2.24, 2.45) is 0 Å². The van der Waals surface area contributed by atoms with Gasteiger partial charge in [-0.25, -0.2) is 0 Å². The third-order valence-electron chi connectivity index (χ3n) is 4.12. The van der Waals surface area contributed by atoms with Gasteiger partial charge in [0, 0.05) is 22.9 Å². The lowest BCUT2D eigenvalue weighted by Gasteiger charge is -2.11. The third-order valence-corrected chi connectivity index (χ3v) is 6.60. The summed E-state index contributed by atoms with van der Waals surface area (Å²) in [6.07, 6.45) is 4.03. The first-order valence-electron chi connectivity index (χ1n) is 9.76. The summed E-state index contributed by atoms with van der Waals surface area (Å²) in [6, 6.07) is 15.2. The second kappa shape index (κ2) is 12.5. The lowest BCUT2D eigenvalue weighted by molar-refractivity contribution is 0.0942. The molecule has 2 aromatic carbocycles. The van der Waals surface area contributed by atoms with Gasteiger partial charge in [-0.1, -0.05) is 72.5 Å². The van der Waals surface area contributed by atoms with Crippen LogP contribution in [-0.4, -0.2) is 24.9 Å². The fourth-order valence-corrected chi connectivity index (χ4v) is 4.85. The van der Waals surface area contributed by atoms with Gasteiger partial charge in [-0.05, 0) is 37.1 Å². The smallest absolute Gasteiger partial charge is 0.252 e. The summed E-state index contributed by atoms with van der Waals surface area (Å²) < 4.78 is 0. The van der Waals surface area contributed by atoms with Crippen LogP contribution in [0.3, 0.4) is 0 Å². The van der Waals surface area contributed by atoms with Gasteiger partial charge in [0.2, 0.25) is 0 Å². The molecule has 28 heavy (non-hydrogen) atoms. The van der Waals surface area contributed by atoms with Crippen LogP contribution in [0.4, 0.5) is 0 Å². The maximum Gasteiger partial charge on any atom is 0.252 e. The Hall–Kier alpha value is -1.92. The number of hydrogen-bond donors (Lipinski definition) is 2. The van der Waals surface area contributed by atoms with Gasteiger partial charge >= 0.3 is 0 Å². The maximum absolute atomic E-state index is 12.5. The number of carbonyl (C=O) groups excluding carboxylic acids is 2. The van der Waals surface area contributed by atoms with Crippen LogP contribution in [0.15, 0.2) is 58.3 Å². The molecule has 0 aliphatic heterocycles. The molecule has 2 rings (SSSR count). The van der Waals surface area contributed by atoms with Gasteiger partial charge in [-0.15, -0.1) is 0 Å². The van der Waals surface area contributed by atoms with E-state index in [1.54, 1.807) is 0 Å². The fourth-order valence-electron chi connectivity index (χ4n) is 2.49. The lowest BCUT2D eigenvalue weighted by Crippen LogP contribution is -2.25. The van der Waals surface area contributed by atoms with Gasteiger partial charge in [0.25, 0.3) is 11.8 Å². The molecule has 2 aromatic rings. The molecule has 0 radical (unpaired) electrons. The molecule has 0 saturated carbocycles. The molecule has 0 heterocycles. The van der Waals surface area contributed by atoms with Gasteiger partial charge in [0.1, 0.15) is 0 Å². The first-order chi connectivity index (χ1) is 13.7. The van der Waals surface area contributed by atoms with E-state index in [0.717, 1.165) is 35.5 Å². The van der Waals surface area contributed by atoms with Crippen LogP contribution >= 0.6 is 21.6 Å². The highest BCUT2D eigenvalue weighted by molar-refractivity contribution is 8.76. The fraction of sp³-hybridized carbons (Fsp3) is 0.364. The van der Waals surface area contributed by atoms with Crippen molar-refractivity contribution in [1.82, 2.24) is 10.6 Å². The first-order valence-corrected chi connectivity index (χ1v) is 11.9. The molecule has 0 atom stereocenters. The Kier molecular flexibility index (Phi) is 10.0. The molecule has 2 N–H and O–H groups in total. The Morgan fingerprint density at radius 1 is 0.714 bits per heavy atom. The van der Waals surface area contributed by atoms with Crippen LogP contribution in [0.1, 0.15) is 60.2 Å². The van der Waals surface area contributed by atoms with Crippen molar-refractivity contribution >= 4 is 33.4 Å². The second-order valence-corrected chi connectivity index (χ2v) is 8.59. The molecule has 0 aliphatic rings. The summed E-state index contributed by atoms with van der Waals surface area (Å²) >= 11 is 0. The van der Waals surface area contributed by atoms with E-state index >= 15 is 0 Å². The van der Waals surface area contributed by atoms with Gasteiger partial charge in [-0.2, -0.15) is 0 Å². The van der Waals surface area contributed by atoms with Crippen molar-refractivity contribution < 1.29 is 9.59 Å². The van der Waals surface area contributed by atoms with Crippen LogP contribution in [-0.2, 0) is 0 Å². The molecule has 0 unspecified atom stereocenters. The molecule has 0 saturated heterocycles. The van der Waals surface area contributed by atoms with Crippen LogP contribution in [0.5, 0.6) is 0 Å². The highest BCUT2D eigenvalue weighted by atomic mass is 33.1. The molecule has 0 aromatic heterocycles. The van der Waals surface area contributed by atoms with Crippen molar-refractivity contribution in [3.8, 4) is 0 Å². The van der Waals surface area contributed by atoms with Crippen molar-refractivity contribution in [3.63, 3.8) is 0 Å². The van der Waals surface area contributed by atoms with E-state index in [4.69, 9.17) is 0 Å². The van der Waals surface area contributed by atoms with Gasteiger partial charge in [0.15, 0.2) is 0 Å². The average molecular weight is 417 g/mol. The Morgan fingerprint density at radius 3 is 1.50 bits per heavy atom. The molecule has 0 aliphatic carbocycles. The quantitative estimate of drug-likeness (QED) is 0.373. The molecule has 0 spiro atoms. The monoisotopic (exact) mass is 416 g/mol. The molecular weight excluding hydrogens is 388 g/mol. The summed E-state index contributed by atoms with van der Waals surface area (Å²) in [5, 5.41) is 5.94. The zero-order valence-corrected chi connectivity index (χ0v) is 18.1. The Bertz CT molecular complexity index is 715. The SMILES string of the molecule is CCCCNC(=O)c1ccccc1SSc1ccccc1C(=O)NCCCC. The summed E-state index contributed by atoms with van der Waals surface area (Å²) in [6.45, 7) is 5.56. The van der Waals surface area contributed by atoms with E-state index < -0.39 is 0 Å². The minimum absolute atomic E-state index is 0.0530. The number of amides is 2. The summed E-state index contributed by atoms with van der Waals surface area (Å²) in [5.41, 5.74) is 1.34. The van der Waals surface area contributed by atoms with Crippen molar-refractivity contribution in [1.29, 1.82) is 0 Å². The highest BCUT2D eigenvalue weighted by Crippen LogP contribution is 2.40. The molecule has 6 heteroatoms. The van der Waals surface area contributed by atoms with Crippen molar-refractivity contribution in [3.05, 3.63) is 59.7 Å². The number of carbonyl (C=O) groups is 2. The Labute approximate surface area is 175 Å². The van der Waals surface area contributed by atoms with Crippen molar-refractivity contribution in [2.75, 3.05) is 13.1 Å². The van der Waals surface area contributed by atoms with E-state index in [-0.39, 0.29) is 11.8 Å². The largest absolute Gasteiger partial charge is 0.352 e. The third kappa shape index (κ3) is 6.91. The number of benzene rings is 2. The maximum atomic E-state index is 12.5. The van der Waals surface area contributed by atoms with E-state index in [2.05, 4.69) is 24.5 Å². The molecule has 0 fully saturated rings. The zero-order valence-electron chi connectivity index (χ0n) is 16.5. The van der Waals surface area contributed by atoms with Crippen LogP contribution < -0.4 is 10.6 Å². The van der Waals surface area contributed by atoms with Crippen LogP contribution in [0, 0.1) is 0 Å². The number of rotatable bonds is 11. The lowest BCUT2D eigenvalue weighted by atomic mass is 10.2. The molecular formula is C22H28N2O2S2. The normalized spacial score (nSPS) is 10.5. The zero-order chi connectivity index (χ0) is 20.2. The van der Waals surface area contributed by atoms with E-state index in [1.807, 2.05) is 48.5 Å². The average Bonchev–Trinajstić information content (AvgIpc) is 2.73. The van der Waals surface area contributed by atoms with Gasteiger partial charge in [0.05, 0.1) is 11.1 Å². The Morgan fingerprint density at radius 2 is 1.11 bits per heavy atom. The number of unbranched alkanes of at least 4 members (excludes halogenated alkanes) is 2. The van der Waals surface area contributed by atoms with E-state index in [1.165, 1.54) is 21.6 Å². The summed E-state index contributed by atoms with van der Waals surface area (Å²) in [4.78, 5) is 26.7. The molecule has 4 nitrogen and oxygen atoms in total. The first kappa shape index (κ1) is 22.4. The predicted molar refractivity (Wildman–Crippen MR) is 119 cm³/mol. The summed E-state index contributed by atoms with van der Waals surface area (Å²) in [5.74, 6) is -0.106. The van der Waals surface area contributed by atoms with Crippen molar-refractivity contribution in [2.45, 2.75) is 49.3 Å².